The number of fused-ring (bicyclic) bond motifs is 1. The first-order valence-corrected chi connectivity index (χ1v) is 12.5. The highest BCUT2D eigenvalue weighted by Crippen LogP contribution is 2.35. The van der Waals surface area contributed by atoms with E-state index in [2.05, 4.69) is 20.4 Å². The minimum atomic E-state index is -1.44. The summed E-state index contributed by atoms with van der Waals surface area (Å²) in [5.41, 5.74) is 0.546. The Morgan fingerprint density at radius 1 is 1.21 bits per heavy atom. The van der Waals surface area contributed by atoms with Crippen molar-refractivity contribution in [2.75, 3.05) is 25.6 Å². The molecular formula is C25H21FN4O8S. The van der Waals surface area contributed by atoms with Crippen LogP contribution in [0.3, 0.4) is 0 Å². The maximum atomic E-state index is 14.5. The van der Waals surface area contributed by atoms with Crippen LogP contribution in [-0.2, 0) is 20.7 Å². The summed E-state index contributed by atoms with van der Waals surface area (Å²) in [4.78, 5) is 56.1. The molecule has 3 heterocycles. The van der Waals surface area contributed by atoms with E-state index in [0.717, 1.165) is 23.3 Å². The number of benzene rings is 2. The molecule has 14 heteroatoms. The molecule has 3 aromatic rings. The van der Waals surface area contributed by atoms with Crippen molar-refractivity contribution >= 4 is 40.5 Å². The number of anilines is 1. The normalized spacial score (nSPS) is 16.9. The molecule has 0 aliphatic carbocycles. The van der Waals surface area contributed by atoms with Crippen molar-refractivity contribution in [2.45, 2.75) is 18.5 Å². The topological polar surface area (TPSA) is 145 Å². The number of halogens is 1. The van der Waals surface area contributed by atoms with Crippen molar-refractivity contribution < 1.29 is 42.5 Å². The van der Waals surface area contributed by atoms with Crippen LogP contribution in [0.2, 0.25) is 0 Å². The fraction of sp³-hybridized carbons (Fsp3) is 0.240. The number of methoxy groups -OCH3 is 1. The lowest BCUT2D eigenvalue weighted by molar-refractivity contribution is -0.134. The standard InChI is InChI=1S/C25H21FN4O8S/c1-35-25(34)38-19-12-39-23(27-19)29-21(31)16(10-13-4-2-3-5-15(13)26)30-22(32)20(28-24(30)33)14-6-7-17-18(11-14)37-9-8-36-17/h2-7,11-12,16,20H,8-10H2,1H3,(H,28,33)(H,27,29,31)/t16-,20?/m0/s1. The van der Waals surface area contributed by atoms with Crippen molar-refractivity contribution in [3.8, 4) is 17.4 Å². The first kappa shape index (κ1) is 25.9. The molecule has 12 nitrogen and oxygen atoms in total. The number of rotatable bonds is 7. The lowest BCUT2D eigenvalue weighted by atomic mass is 10.0. The number of aromatic nitrogens is 1. The number of carbonyl (C=O) groups excluding carboxylic acids is 4. The van der Waals surface area contributed by atoms with E-state index in [4.69, 9.17) is 14.2 Å². The second kappa shape index (κ2) is 10.9. The van der Waals surface area contributed by atoms with Gasteiger partial charge in [-0.1, -0.05) is 24.3 Å². The first-order valence-electron chi connectivity index (χ1n) is 11.6. The van der Waals surface area contributed by atoms with E-state index in [1.807, 2.05) is 0 Å². The third-order valence-corrected chi connectivity index (χ3v) is 6.66. The van der Waals surface area contributed by atoms with Crippen LogP contribution < -0.4 is 24.8 Å². The molecule has 1 unspecified atom stereocenters. The molecular weight excluding hydrogens is 535 g/mol. The molecule has 1 aromatic heterocycles. The molecule has 0 radical (unpaired) electrons. The third kappa shape index (κ3) is 5.45. The summed E-state index contributed by atoms with van der Waals surface area (Å²) in [6.45, 7) is 0.725. The number of ether oxygens (including phenoxy) is 4. The Morgan fingerprint density at radius 2 is 1.97 bits per heavy atom. The van der Waals surface area contributed by atoms with Crippen molar-refractivity contribution in [1.82, 2.24) is 15.2 Å². The average molecular weight is 557 g/mol. The fourth-order valence-corrected chi connectivity index (χ4v) is 4.72. The summed E-state index contributed by atoms with van der Waals surface area (Å²) in [6, 6.07) is 7.19. The number of nitrogens with one attached hydrogen (secondary N) is 2. The maximum Gasteiger partial charge on any atom is 0.514 e. The van der Waals surface area contributed by atoms with Gasteiger partial charge in [0.05, 0.1) is 12.5 Å². The van der Waals surface area contributed by atoms with Crippen LogP contribution in [0.15, 0.2) is 47.8 Å². The van der Waals surface area contributed by atoms with Crippen LogP contribution in [0.4, 0.5) is 19.1 Å². The highest BCUT2D eigenvalue weighted by atomic mass is 32.1. The zero-order valence-corrected chi connectivity index (χ0v) is 21.2. The van der Waals surface area contributed by atoms with Gasteiger partial charge >= 0.3 is 12.2 Å². The fourth-order valence-electron chi connectivity index (χ4n) is 4.11. The van der Waals surface area contributed by atoms with Crippen molar-refractivity contribution in [3.05, 3.63) is 64.8 Å². The lowest BCUT2D eigenvalue weighted by Crippen LogP contribution is -2.49. The Labute approximate surface area is 224 Å². The average Bonchev–Trinajstić information content (AvgIpc) is 3.50. The van der Waals surface area contributed by atoms with Gasteiger partial charge in [0, 0.05) is 6.42 Å². The number of hydrogen-bond acceptors (Lipinski definition) is 10. The Hall–Kier alpha value is -4.72. The molecule has 2 aliphatic rings. The first-order chi connectivity index (χ1) is 18.8. The number of imide groups is 1. The predicted octanol–water partition coefficient (Wildman–Crippen LogP) is 3.04. The smallest absolute Gasteiger partial charge is 0.486 e. The number of carbonyl (C=O) groups is 4. The van der Waals surface area contributed by atoms with E-state index in [0.29, 0.717) is 30.3 Å². The minimum Gasteiger partial charge on any atom is -0.486 e. The van der Waals surface area contributed by atoms with Crippen LogP contribution in [0.25, 0.3) is 0 Å². The number of thiazole rings is 1. The van der Waals surface area contributed by atoms with Gasteiger partial charge in [-0.2, -0.15) is 4.98 Å². The second-order valence-electron chi connectivity index (χ2n) is 8.34. The van der Waals surface area contributed by atoms with Crippen molar-refractivity contribution in [2.24, 2.45) is 0 Å². The van der Waals surface area contributed by atoms with Crippen molar-refractivity contribution in [1.29, 1.82) is 0 Å². The van der Waals surface area contributed by atoms with Crippen LogP contribution in [-0.4, -0.2) is 60.3 Å². The number of hydrogen-bond donors (Lipinski definition) is 2. The third-order valence-electron chi connectivity index (χ3n) is 5.92. The molecule has 0 saturated carbocycles. The molecule has 1 fully saturated rings. The predicted molar refractivity (Wildman–Crippen MR) is 133 cm³/mol. The SMILES string of the molecule is COC(=O)Oc1csc(NC(=O)[C@H](Cc2ccccc2F)N2C(=O)NC(c3ccc4c(c3)OCCO4)C2=O)n1. The van der Waals surface area contributed by atoms with Crippen LogP contribution in [0.5, 0.6) is 17.4 Å². The molecule has 2 atom stereocenters. The van der Waals surface area contributed by atoms with Gasteiger partial charge in [-0.15, -0.1) is 11.3 Å². The van der Waals surface area contributed by atoms with Crippen molar-refractivity contribution in [3.63, 3.8) is 0 Å². The molecule has 2 aromatic carbocycles. The van der Waals surface area contributed by atoms with Gasteiger partial charge in [0.1, 0.15) is 31.1 Å². The van der Waals surface area contributed by atoms with Gasteiger partial charge in [-0.25, -0.2) is 18.9 Å². The molecule has 4 amide bonds. The van der Waals surface area contributed by atoms with E-state index in [1.54, 1.807) is 24.3 Å². The Kier molecular flexibility index (Phi) is 7.27. The highest BCUT2D eigenvalue weighted by Gasteiger charge is 2.46. The van der Waals surface area contributed by atoms with Crippen LogP contribution in [0.1, 0.15) is 17.2 Å². The Bertz CT molecular complexity index is 1450. The highest BCUT2D eigenvalue weighted by molar-refractivity contribution is 7.14. The zero-order valence-electron chi connectivity index (χ0n) is 20.3. The maximum absolute atomic E-state index is 14.5. The van der Waals surface area contributed by atoms with E-state index in [-0.39, 0.29) is 23.0 Å². The zero-order chi connectivity index (χ0) is 27.5. The van der Waals surface area contributed by atoms with E-state index >= 15 is 0 Å². The van der Waals surface area contributed by atoms with Gasteiger partial charge in [0.25, 0.3) is 5.91 Å². The molecule has 5 rings (SSSR count). The quantitative estimate of drug-likeness (QED) is 0.331. The van der Waals surface area contributed by atoms with Gasteiger partial charge in [-0.05, 0) is 29.3 Å². The molecule has 39 heavy (non-hydrogen) atoms. The molecule has 1 saturated heterocycles. The Balaban J connectivity index is 1.41. The van der Waals surface area contributed by atoms with Gasteiger partial charge in [-0.3, -0.25) is 9.59 Å². The summed E-state index contributed by atoms with van der Waals surface area (Å²) < 4.78 is 34.9. The minimum absolute atomic E-state index is 0.0212. The summed E-state index contributed by atoms with van der Waals surface area (Å²) in [5, 5.41) is 6.47. The lowest BCUT2D eigenvalue weighted by Gasteiger charge is -2.24. The van der Waals surface area contributed by atoms with Crippen LogP contribution in [0, 0.1) is 5.82 Å². The summed E-state index contributed by atoms with van der Waals surface area (Å²) in [6.07, 6.45) is -1.30. The molecule has 0 spiro atoms. The van der Waals surface area contributed by atoms with Crippen LogP contribution >= 0.6 is 11.3 Å². The number of amides is 4. The molecule has 2 aliphatic heterocycles. The van der Waals surface area contributed by atoms with E-state index < -0.39 is 41.9 Å². The molecule has 202 valence electrons. The number of urea groups is 1. The van der Waals surface area contributed by atoms with E-state index in [9.17, 15) is 23.6 Å². The van der Waals surface area contributed by atoms with Gasteiger partial charge in [0.15, 0.2) is 16.6 Å². The number of nitrogens with zero attached hydrogens (tertiary/aromatic N) is 2. The summed E-state index contributed by atoms with van der Waals surface area (Å²) in [5.74, 6) is -1.30. The van der Waals surface area contributed by atoms with E-state index in [1.165, 1.54) is 23.6 Å². The van der Waals surface area contributed by atoms with Gasteiger partial charge in [0.2, 0.25) is 11.8 Å². The molecule has 2 N–H and O–H groups in total. The molecule has 0 bridgehead atoms. The van der Waals surface area contributed by atoms with Gasteiger partial charge < -0.3 is 29.6 Å². The Morgan fingerprint density at radius 3 is 2.74 bits per heavy atom. The monoisotopic (exact) mass is 556 g/mol. The summed E-state index contributed by atoms with van der Waals surface area (Å²) >= 11 is 0.932. The largest absolute Gasteiger partial charge is 0.514 e. The summed E-state index contributed by atoms with van der Waals surface area (Å²) in [7, 11) is 1.13. The second-order valence-corrected chi connectivity index (χ2v) is 9.20.